The van der Waals surface area contributed by atoms with Gasteiger partial charge in [-0.2, -0.15) is 0 Å². The SMILES string of the molecule is [Ag].[La].[V].[Y]. The molecular weight excluding hydrogens is 387 g/mol. The second kappa shape index (κ2) is 16.0. The van der Waals surface area contributed by atoms with E-state index in [4.69, 9.17) is 0 Å². The summed E-state index contributed by atoms with van der Waals surface area (Å²) in [6.45, 7) is 0. The van der Waals surface area contributed by atoms with Crippen LogP contribution in [0.15, 0.2) is 0 Å². The fourth-order valence-electron chi connectivity index (χ4n) is 0. The molecule has 0 rings (SSSR count). The van der Waals surface area contributed by atoms with Crippen LogP contribution in [0.2, 0.25) is 0 Å². The second-order valence-electron chi connectivity index (χ2n) is 0. The van der Waals surface area contributed by atoms with Crippen molar-refractivity contribution in [1.29, 1.82) is 0 Å². The van der Waals surface area contributed by atoms with Crippen molar-refractivity contribution in [3.05, 3.63) is 0 Å². The Hall–Kier alpha value is 3.62. The molecule has 0 amide bonds. The van der Waals surface area contributed by atoms with Crippen molar-refractivity contribution >= 4 is 0 Å². The van der Waals surface area contributed by atoms with Crippen LogP contribution >= 0.6 is 0 Å². The first-order valence-electron chi connectivity index (χ1n) is 0. The molecule has 0 aliphatic carbocycles. The largest absolute Gasteiger partial charge is 0 e. The molecule has 0 fully saturated rings. The van der Waals surface area contributed by atoms with Gasteiger partial charge < -0.3 is 0 Å². The van der Waals surface area contributed by atoms with Gasteiger partial charge in [0.2, 0.25) is 0 Å². The van der Waals surface area contributed by atoms with Gasteiger partial charge in [0.05, 0.1) is 0 Å². The van der Waals surface area contributed by atoms with Crippen molar-refractivity contribution in [3.8, 4) is 0 Å². The van der Waals surface area contributed by atoms with E-state index in [1.807, 2.05) is 0 Å². The Kier molecular flexibility index (Phi) is 102. The van der Waals surface area contributed by atoms with Crippen LogP contribution in [-0.2, 0) is 73.6 Å². The van der Waals surface area contributed by atoms with E-state index in [0.29, 0.717) is 0 Å². The maximum Gasteiger partial charge on any atom is 0 e. The van der Waals surface area contributed by atoms with Crippen LogP contribution in [0.3, 0.4) is 0 Å². The van der Waals surface area contributed by atoms with Gasteiger partial charge >= 0.3 is 0 Å². The first-order chi connectivity index (χ1) is 0. The number of hydrogen-bond acceptors (Lipinski definition) is 0. The summed E-state index contributed by atoms with van der Waals surface area (Å²) in [5.74, 6) is 0. The van der Waals surface area contributed by atoms with Crippen LogP contribution in [0.1, 0.15) is 0 Å². The molecule has 4 heavy (non-hydrogen) atoms. The molecule has 22 valence electrons. The van der Waals surface area contributed by atoms with Crippen LogP contribution < -0.4 is 0 Å². The fraction of sp³-hybridized carbons (Fsp3) is 0. The predicted octanol–water partition coefficient (Wildman–Crippen LogP) is -0.00750. The third kappa shape index (κ3) is 9.16. The molecule has 0 aliphatic heterocycles. The Balaban J connectivity index is 0. The zero-order chi connectivity index (χ0) is 0. The minimum Gasteiger partial charge on any atom is 0 e. The van der Waals surface area contributed by atoms with Gasteiger partial charge in [0.15, 0.2) is 0 Å². The Bertz CT molecular complexity index is 8.00. The predicted molar refractivity (Wildman–Crippen MR) is 0 cm³/mol. The minimum absolute atomic E-state index is 0. The third-order valence-corrected chi connectivity index (χ3v) is 0. The van der Waals surface area contributed by atoms with Gasteiger partial charge in [-0.15, -0.1) is 0 Å². The average molecular weight is 387 g/mol. The van der Waals surface area contributed by atoms with Gasteiger partial charge in [-0.3, -0.25) is 0 Å². The topological polar surface area (TPSA) is 0 Å². The first kappa shape index (κ1) is 25.5. The van der Waals surface area contributed by atoms with Gasteiger partial charge in [0.1, 0.15) is 0 Å². The number of rotatable bonds is 0. The molecule has 0 aromatic rings. The second-order valence-corrected chi connectivity index (χ2v) is 0. The van der Waals surface area contributed by atoms with E-state index in [-0.39, 0.29) is 109 Å². The third-order valence-electron chi connectivity index (χ3n) is 0. The molecular formula is AgLaVY. The molecule has 4 heteroatoms. The Morgan fingerprint density at radius 2 is 1.00 bits per heavy atom. The van der Waals surface area contributed by atoms with Crippen molar-refractivity contribution in [3.63, 3.8) is 0 Å². The maximum absolute atomic E-state index is 0. The van der Waals surface area contributed by atoms with Crippen LogP contribution in [0.25, 0.3) is 0 Å². The molecule has 0 unspecified atom stereocenters. The summed E-state index contributed by atoms with van der Waals surface area (Å²) in [6.07, 6.45) is 0. The molecule has 4 radical (unpaired) electrons. The summed E-state index contributed by atoms with van der Waals surface area (Å²) in [5.41, 5.74) is 0. The molecule has 0 saturated carbocycles. The first-order valence-corrected chi connectivity index (χ1v) is 0. The van der Waals surface area contributed by atoms with E-state index in [0.717, 1.165) is 0 Å². The molecule has 0 saturated heterocycles. The molecule has 0 nitrogen and oxygen atoms in total. The average Bonchev–Trinajstić information content (AvgIpc) is 0. The van der Waals surface area contributed by atoms with E-state index < -0.39 is 0 Å². The van der Waals surface area contributed by atoms with Crippen LogP contribution in [0.5, 0.6) is 0 Å². The van der Waals surface area contributed by atoms with Gasteiger partial charge in [0.25, 0.3) is 0 Å². The summed E-state index contributed by atoms with van der Waals surface area (Å²) in [6, 6.07) is 0. The zero-order valence-electron chi connectivity index (χ0n) is 1.90. The Morgan fingerprint density at radius 1 is 1.00 bits per heavy atom. The van der Waals surface area contributed by atoms with Crippen LogP contribution in [0.4, 0.5) is 0 Å². The molecule has 0 aromatic carbocycles. The van der Waals surface area contributed by atoms with Gasteiger partial charge in [-0.05, 0) is 0 Å². The summed E-state index contributed by atoms with van der Waals surface area (Å²) in [4.78, 5) is 0. The minimum atomic E-state index is 0. The van der Waals surface area contributed by atoms with Gasteiger partial charge in [-0.25, -0.2) is 0 Å². The quantitative estimate of drug-likeness (QED) is 0.514. The Morgan fingerprint density at radius 3 is 1.00 bits per heavy atom. The van der Waals surface area contributed by atoms with E-state index >= 15 is 0 Å². The Labute approximate surface area is 106 Å². The van der Waals surface area contributed by atoms with Crippen molar-refractivity contribution < 1.29 is 109 Å². The molecule has 0 heterocycles. The van der Waals surface area contributed by atoms with Crippen LogP contribution in [-0.4, -0.2) is 0 Å². The fourth-order valence-corrected chi connectivity index (χ4v) is 0. The van der Waals surface area contributed by atoms with Gasteiger partial charge in [-0.1, -0.05) is 0 Å². The molecule has 0 N–H and O–H groups in total. The molecule has 0 atom stereocenters. The molecule has 0 aliphatic rings. The van der Waals surface area contributed by atoms with Crippen molar-refractivity contribution in [2.24, 2.45) is 0 Å². The van der Waals surface area contributed by atoms with E-state index in [9.17, 15) is 0 Å². The van der Waals surface area contributed by atoms with Crippen molar-refractivity contribution in [1.82, 2.24) is 0 Å². The summed E-state index contributed by atoms with van der Waals surface area (Å²) >= 11 is 0. The summed E-state index contributed by atoms with van der Waals surface area (Å²) in [5, 5.41) is 0. The smallest absolute Gasteiger partial charge is 0 e. The number of hydrogen-bond donors (Lipinski definition) is 0. The van der Waals surface area contributed by atoms with Crippen molar-refractivity contribution in [2.75, 3.05) is 0 Å². The molecule has 0 aromatic heterocycles. The monoisotopic (exact) mass is 386 g/mol. The van der Waals surface area contributed by atoms with E-state index in [1.165, 1.54) is 0 Å². The normalized spacial score (nSPS) is 0. The van der Waals surface area contributed by atoms with Crippen molar-refractivity contribution in [2.45, 2.75) is 0 Å². The summed E-state index contributed by atoms with van der Waals surface area (Å²) < 4.78 is 0. The molecule has 0 spiro atoms. The summed E-state index contributed by atoms with van der Waals surface area (Å²) in [7, 11) is 0. The maximum atomic E-state index is 0. The van der Waals surface area contributed by atoms with Crippen LogP contribution in [0, 0.1) is 35.6 Å². The standard InChI is InChI=1S/Ag.La.V.Y. The zero-order valence-corrected chi connectivity index (χ0v) is 11.2. The molecule has 0 bridgehead atoms. The van der Waals surface area contributed by atoms with E-state index in [2.05, 4.69) is 0 Å². The van der Waals surface area contributed by atoms with Gasteiger partial charge in [0, 0.05) is 109 Å². The van der Waals surface area contributed by atoms with E-state index in [1.54, 1.807) is 0 Å².